The minimum absolute atomic E-state index is 0.229. The molecule has 0 bridgehead atoms. The molecule has 0 radical (unpaired) electrons. The van der Waals surface area contributed by atoms with Crippen molar-refractivity contribution in [1.82, 2.24) is 14.8 Å². The Bertz CT molecular complexity index is 581. The molecule has 1 N–H and O–H groups in total. The van der Waals surface area contributed by atoms with Crippen LogP contribution in [0.5, 0.6) is 5.75 Å². The number of hydrogen-bond donors (Lipinski definition) is 1. The van der Waals surface area contributed by atoms with Crippen molar-refractivity contribution in [3.63, 3.8) is 0 Å². The average Bonchev–Trinajstić information content (AvgIpc) is 2.85. The fraction of sp³-hybridized carbons (Fsp3) is 0.385. The van der Waals surface area contributed by atoms with Gasteiger partial charge in [0.15, 0.2) is 0 Å². The molecule has 0 aliphatic carbocycles. The molecule has 1 unspecified atom stereocenters. The Morgan fingerprint density at radius 1 is 1.29 bits per heavy atom. The maximum absolute atomic E-state index is 12.0. The van der Waals surface area contributed by atoms with E-state index < -0.39 is 12.5 Å². The van der Waals surface area contributed by atoms with Crippen LogP contribution in [0.2, 0.25) is 0 Å². The molecular formula is C13H14F3N3O2. The van der Waals surface area contributed by atoms with Gasteiger partial charge in [0.2, 0.25) is 0 Å². The van der Waals surface area contributed by atoms with E-state index in [1.54, 1.807) is 4.68 Å². The van der Waals surface area contributed by atoms with Crippen LogP contribution in [0.25, 0.3) is 0 Å². The highest BCUT2D eigenvalue weighted by Gasteiger charge is 2.31. The van der Waals surface area contributed by atoms with Gasteiger partial charge in [-0.15, -0.1) is 13.2 Å². The lowest BCUT2D eigenvalue weighted by molar-refractivity contribution is -0.274. The van der Waals surface area contributed by atoms with Gasteiger partial charge >= 0.3 is 6.36 Å². The van der Waals surface area contributed by atoms with Gasteiger partial charge in [-0.2, -0.15) is 5.10 Å². The molecule has 8 heteroatoms. The molecule has 0 saturated carbocycles. The number of halogens is 3. The SMILES string of the molecule is CCn1ncnc1CC(O)c1ccc(OC(F)(F)F)cc1. The Labute approximate surface area is 119 Å². The zero-order chi connectivity index (χ0) is 15.5. The number of rotatable bonds is 5. The summed E-state index contributed by atoms with van der Waals surface area (Å²) in [5, 5.41) is 14.1. The Kier molecular flexibility index (Phi) is 4.46. The number of hydrogen-bond acceptors (Lipinski definition) is 4. The molecule has 0 aliphatic rings. The highest BCUT2D eigenvalue weighted by atomic mass is 19.4. The van der Waals surface area contributed by atoms with Crippen LogP contribution >= 0.6 is 0 Å². The summed E-state index contributed by atoms with van der Waals surface area (Å²) in [5.74, 6) is 0.288. The molecule has 0 saturated heterocycles. The van der Waals surface area contributed by atoms with E-state index in [0.717, 1.165) is 12.1 Å². The van der Waals surface area contributed by atoms with Crippen LogP contribution in [0, 0.1) is 0 Å². The summed E-state index contributed by atoms with van der Waals surface area (Å²) >= 11 is 0. The van der Waals surface area contributed by atoms with Gasteiger partial charge in [0.25, 0.3) is 0 Å². The van der Waals surface area contributed by atoms with Crippen molar-refractivity contribution in [3.8, 4) is 5.75 Å². The van der Waals surface area contributed by atoms with Crippen molar-refractivity contribution < 1.29 is 23.0 Å². The quantitative estimate of drug-likeness (QED) is 0.921. The van der Waals surface area contributed by atoms with E-state index in [4.69, 9.17) is 0 Å². The van der Waals surface area contributed by atoms with E-state index in [1.165, 1.54) is 18.5 Å². The first kappa shape index (κ1) is 15.3. The molecule has 1 atom stereocenters. The smallest absolute Gasteiger partial charge is 0.406 e. The number of nitrogens with zero attached hydrogens (tertiary/aromatic N) is 3. The molecule has 2 rings (SSSR count). The van der Waals surface area contributed by atoms with E-state index >= 15 is 0 Å². The lowest BCUT2D eigenvalue weighted by atomic mass is 10.1. The van der Waals surface area contributed by atoms with Gasteiger partial charge in [-0.1, -0.05) is 12.1 Å². The first-order valence-corrected chi connectivity index (χ1v) is 6.29. The molecule has 21 heavy (non-hydrogen) atoms. The molecular weight excluding hydrogens is 287 g/mol. The van der Waals surface area contributed by atoms with Crippen molar-refractivity contribution in [2.75, 3.05) is 0 Å². The number of aliphatic hydroxyl groups excluding tert-OH is 1. The van der Waals surface area contributed by atoms with Crippen molar-refractivity contribution in [1.29, 1.82) is 0 Å². The van der Waals surface area contributed by atoms with E-state index in [2.05, 4.69) is 14.8 Å². The number of aliphatic hydroxyl groups is 1. The maximum Gasteiger partial charge on any atom is 0.573 e. The van der Waals surface area contributed by atoms with Crippen LogP contribution in [0.1, 0.15) is 24.4 Å². The minimum atomic E-state index is -4.72. The molecule has 0 amide bonds. The van der Waals surface area contributed by atoms with Gasteiger partial charge in [-0.3, -0.25) is 4.68 Å². The number of aromatic nitrogens is 3. The molecule has 1 heterocycles. The van der Waals surface area contributed by atoms with E-state index in [1.807, 2.05) is 6.92 Å². The number of benzene rings is 1. The Balaban J connectivity index is 2.04. The Morgan fingerprint density at radius 3 is 2.52 bits per heavy atom. The Hall–Kier alpha value is -2.09. The van der Waals surface area contributed by atoms with Crippen molar-refractivity contribution in [2.24, 2.45) is 0 Å². The van der Waals surface area contributed by atoms with Crippen LogP contribution in [-0.2, 0) is 13.0 Å². The summed E-state index contributed by atoms with van der Waals surface area (Å²) in [5.41, 5.74) is 0.482. The van der Waals surface area contributed by atoms with Gasteiger partial charge in [0, 0.05) is 13.0 Å². The fourth-order valence-electron chi connectivity index (χ4n) is 1.89. The topological polar surface area (TPSA) is 60.2 Å². The summed E-state index contributed by atoms with van der Waals surface area (Å²) < 4.78 is 41.6. The number of alkyl halides is 3. The summed E-state index contributed by atoms with van der Waals surface area (Å²) in [6.07, 6.45) is -3.98. The zero-order valence-corrected chi connectivity index (χ0v) is 11.2. The minimum Gasteiger partial charge on any atom is -0.406 e. The third kappa shape index (κ3) is 4.19. The third-order valence-corrected chi connectivity index (χ3v) is 2.87. The van der Waals surface area contributed by atoms with E-state index in [9.17, 15) is 18.3 Å². The van der Waals surface area contributed by atoms with Crippen LogP contribution in [0.3, 0.4) is 0 Å². The predicted molar refractivity (Wildman–Crippen MR) is 67.5 cm³/mol. The van der Waals surface area contributed by atoms with Gasteiger partial charge in [0.05, 0.1) is 6.10 Å². The van der Waals surface area contributed by atoms with Crippen LogP contribution in [0.4, 0.5) is 13.2 Å². The number of ether oxygens (including phenoxy) is 1. The second-order valence-corrected chi connectivity index (χ2v) is 4.33. The van der Waals surface area contributed by atoms with E-state index in [0.29, 0.717) is 17.9 Å². The van der Waals surface area contributed by atoms with Crippen molar-refractivity contribution in [2.45, 2.75) is 32.4 Å². The third-order valence-electron chi connectivity index (χ3n) is 2.87. The molecule has 114 valence electrons. The monoisotopic (exact) mass is 301 g/mol. The fourth-order valence-corrected chi connectivity index (χ4v) is 1.89. The van der Waals surface area contributed by atoms with Crippen LogP contribution in [-0.4, -0.2) is 26.2 Å². The first-order valence-electron chi connectivity index (χ1n) is 6.29. The van der Waals surface area contributed by atoms with Gasteiger partial charge in [0.1, 0.15) is 17.9 Å². The average molecular weight is 301 g/mol. The highest BCUT2D eigenvalue weighted by Crippen LogP contribution is 2.25. The van der Waals surface area contributed by atoms with Crippen molar-refractivity contribution in [3.05, 3.63) is 42.0 Å². The van der Waals surface area contributed by atoms with Gasteiger partial charge in [-0.25, -0.2) is 4.98 Å². The molecule has 0 fully saturated rings. The lowest BCUT2D eigenvalue weighted by Crippen LogP contribution is -2.17. The second-order valence-electron chi connectivity index (χ2n) is 4.33. The highest BCUT2D eigenvalue weighted by molar-refractivity contribution is 5.29. The molecule has 5 nitrogen and oxygen atoms in total. The predicted octanol–water partition coefficient (Wildman–Crippen LogP) is 2.47. The maximum atomic E-state index is 12.0. The van der Waals surface area contributed by atoms with Crippen LogP contribution < -0.4 is 4.74 Å². The molecule has 0 aliphatic heterocycles. The molecule has 1 aromatic carbocycles. The van der Waals surface area contributed by atoms with E-state index in [-0.39, 0.29) is 12.2 Å². The molecule has 2 aromatic rings. The normalized spacial score (nSPS) is 13.2. The number of aryl methyl sites for hydroxylation is 1. The van der Waals surface area contributed by atoms with Crippen LogP contribution in [0.15, 0.2) is 30.6 Å². The summed E-state index contributed by atoms with van der Waals surface area (Å²) in [4.78, 5) is 4.04. The summed E-state index contributed by atoms with van der Waals surface area (Å²) in [6.45, 7) is 2.52. The van der Waals surface area contributed by atoms with Gasteiger partial charge in [-0.05, 0) is 24.6 Å². The summed E-state index contributed by atoms with van der Waals surface area (Å²) in [6, 6.07) is 5.10. The first-order chi connectivity index (χ1) is 9.89. The lowest BCUT2D eigenvalue weighted by Gasteiger charge is -2.13. The second kappa shape index (κ2) is 6.13. The summed E-state index contributed by atoms with van der Waals surface area (Å²) in [7, 11) is 0. The molecule has 1 aromatic heterocycles. The standard InChI is InChI=1S/C13H14F3N3O2/c1-2-19-12(17-8-18-19)7-11(20)9-3-5-10(6-4-9)21-13(14,15)16/h3-6,8,11,20H,2,7H2,1H3. The van der Waals surface area contributed by atoms with Crippen molar-refractivity contribution >= 4 is 0 Å². The Morgan fingerprint density at radius 2 is 1.95 bits per heavy atom. The van der Waals surface area contributed by atoms with Gasteiger partial charge < -0.3 is 9.84 Å². The largest absolute Gasteiger partial charge is 0.573 e. The zero-order valence-electron chi connectivity index (χ0n) is 11.2. The molecule has 0 spiro atoms.